The lowest BCUT2D eigenvalue weighted by molar-refractivity contribution is 1.04. The molecule has 0 amide bonds. The summed E-state index contributed by atoms with van der Waals surface area (Å²) >= 11 is 6.08. The summed E-state index contributed by atoms with van der Waals surface area (Å²) in [6, 6.07) is 22.4. The van der Waals surface area contributed by atoms with Gasteiger partial charge in [0.15, 0.2) is 0 Å². The van der Waals surface area contributed by atoms with Crippen molar-refractivity contribution < 1.29 is 0 Å². The lowest BCUT2D eigenvalue weighted by Gasteiger charge is -2.34. The first-order valence-corrected chi connectivity index (χ1v) is 11.5. The monoisotopic (exact) mass is 340 g/mol. The van der Waals surface area contributed by atoms with Gasteiger partial charge in [0.2, 0.25) is 0 Å². The molecule has 2 aromatic rings. The molecule has 2 heteroatoms. The fourth-order valence-electron chi connectivity index (χ4n) is 3.28. The Morgan fingerprint density at radius 2 is 1.43 bits per heavy atom. The molecule has 0 saturated carbocycles. The predicted molar refractivity (Wildman–Crippen MR) is 105 cm³/mol. The number of rotatable bonds is 5. The van der Waals surface area contributed by atoms with Gasteiger partial charge >= 0.3 is 0 Å². The molecule has 0 saturated heterocycles. The lowest BCUT2D eigenvalue weighted by Crippen LogP contribution is -2.39. The Kier molecular flexibility index (Phi) is 6.51. The number of halogens is 1. The van der Waals surface area contributed by atoms with E-state index in [1.54, 1.807) is 0 Å². The van der Waals surface area contributed by atoms with Crippen molar-refractivity contribution in [3.05, 3.63) is 70.7 Å². The summed E-state index contributed by atoms with van der Waals surface area (Å²) in [5.41, 5.74) is 2.78. The Balaban J connectivity index is 2.47. The summed E-state index contributed by atoms with van der Waals surface area (Å²) in [6.45, 7) is 7.02. The van der Waals surface area contributed by atoms with Crippen LogP contribution in [0.4, 0.5) is 0 Å². The minimum atomic E-state index is -1.48. The Morgan fingerprint density at radius 3 is 1.96 bits per heavy atom. The molecule has 2 aromatic carbocycles. The topological polar surface area (TPSA) is 0 Å². The summed E-state index contributed by atoms with van der Waals surface area (Å²) in [4.78, 5) is 0. The maximum atomic E-state index is 6.08. The smallest absolute Gasteiger partial charge is 0.0752 e. The average Bonchev–Trinajstić information content (AvgIpc) is 2.61. The fraction of sp³-hybridized carbons (Fsp3) is 0.333. The van der Waals surface area contributed by atoms with Gasteiger partial charge in [-0.05, 0) is 29.8 Å². The van der Waals surface area contributed by atoms with Gasteiger partial charge in [-0.25, -0.2) is 0 Å². The van der Waals surface area contributed by atoms with E-state index in [1.807, 2.05) is 30.3 Å². The standard InChI is InChI=1S/C21H25ClSi/c1-4-23(5-2,6-3)21(19-13-15-20(22)16-14-19)17-12-18-10-8-7-9-11-18/h7-11,13-16,21H,4-6H2,1-3H3. The first kappa shape index (κ1) is 17.9. The van der Waals surface area contributed by atoms with Crippen molar-refractivity contribution in [1.82, 2.24) is 0 Å². The zero-order valence-electron chi connectivity index (χ0n) is 14.3. The second kappa shape index (κ2) is 8.38. The molecule has 120 valence electrons. The maximum Gasteiger partial charge on any atom is 0.0752 e. The van der Waals surface area contributed by atoms with Crippen LogP contribution in [0.2, 0.25) is 23.2 Å². The quantitative estimate of drug-likeness (QED) is 0.429. The van der Waals surface area contributed by atoms with E-state index in [2.05, 4.69) is 56.9 Å². The number of benzene rings is 2. The first-order chi connectivity index (χ1) is 11.1. The molecule has 0 aromatic heterocycles. The third-order valence-corrected chi connectivity index (χ3v) is 11.2. The summed E-state index contributed by atoms with van der Waals surface area (Å²) in [5, 5.41) is 0.792. The van der Waals surface area contributed by atoms with Gasteiger partial charge in [0.25, 0.3) is 0 Å². The van der Waals surface area contributed by atoms with Crippen LogP contribution in [0.25, 0.3) is 0 Å². The van der Waals surface area contributed by atoms with Crippen LogP contribution < -0.4 is 0 Å². The third-order valence-electron chi connectivity index (χ3n) is 5.06. The molecule has 2 rings (SSSR count). The van der Waals surface area contributed by atoms with Crippen molar-refractivity contribution in [3.8, 4) is 11.8 Å². The first-order valence-electron chi connectivity index (χ1n) is 8.47. The average molecular weight is 341 g/mol. The van der Waals surface area contributed by atoms with Crippen LogP contribution in [0.15, 0.2) is 54.6 Å². The lowest BCUT2D eigenvalue weighted by atomic mass is 10.1. The zero-order chi connectivity index (χ0) is 16.7. The van der Waals surface area contributed by atoms with Crippen LogP contribution in [-0.4, -0.2) is 8.07 Å². The highest BCUT2D eigenvalue weighted by Crippen LogP contribution is 2.36. The molecule has 0 aliphatic heterocycles. The summed E-state index contributed by atoms with van der Waals surface area (Å²) in [6.07, 6.45) is 0. The Hall–Kier alpha value is -1.49. The Labute approximate surface area is 146 Å². The van der Waals surface area contributed by atoms with Gasteiger partial charge in [-0.3, -0.25) is 0 Å². The van der Waals surface area contributed by atoms with E-state index in [4.69, 9.17) is 11.6 Å². The molecule has 0 aliphatic carbocycles. The summed E-state index contributed by atoms with van der Waals surface area (Å²) < 4.78 is 0. The van der Waals surface area contributed by atoms with E-state index in [0.29, 0.717) is 5.54 Å². The molecule has 0 bridgehead atoms. The van der Waals surface area contributed by atoms with Gasteiger partial charge in [0.1, 0.15) is 0 Å². The van der Waals surface area contributed by atoms with Gasteiger partial charge in [-0.1, -0.05) is 92.7 Å². The van der Waals surface area contributed by atoms with Gasteiger partial charge in [-0.2, -0.15) is 0 Å². The van der Waals surface area contributed by atoms with Crippen LogP contribution >= 0.6 is 11.6 Å². The van der Waals surface area contributed by atoms with Crippen molar-refractivity contribution in [3.63, 3.8) is 0 Å². The normalized spacial score (nSPS) is 12.3. The molecule has 0 fully saturated rings. The van der Waals surface area contributed by atoms with E-state index in [0.717, 1.165) is 10.6 Å². The van der Waals surface area contributed by atoms with E-state index in [9.17, 15) is 0 Å². The molecular formula is C21H25ClSi. The zero-order valence-corrected chi connectivity index (χ0v) is 16.0. The van der Waals surface area contributed by atoms with Crippen LogP contribution in [0.1, 0.15) is 37.4 Å². The summed E-state index contributed by atoms with van der Waals surface area (Å²) in [7, 11) is -1.48. The highest BCUT2D eigenvalue weighted by Gasteiger charge is 2.36. The van der Waals surface area contributed by atoms with Crippen LogP contribution in [0.5, 0.6) is 0 Å². The SMILES string of the molecule is CC[Si](CC)(CC)C(C#Cc1ccccc1)c1ccc(Cl)cc1. The molecule has 0 radical (unpaired) electrons. The molecule has 0 heterocycles. The third kappa shape index (κ3) is 4.28. The molecule has 0 N–H and O–H groups in total. The maximum absolute atomic E-state index is 6.08. The van der Waals surface area contributed by atoms with E-state index >= 15 is 0 Å². The van der Waals surface area contributed by atoms with Crippen molar-refractivity contribution in [1.29, 1.82) is 0 Å². The molecule has 23 heavy (non-hydrogen) atoms. The minimum absolute atomic E-state index is 0.361. The van der Waals surface area contributed by atoms with E-state index in [1.165, 1.54) is 23.7 Å². The Bertz CT molecular complexity index is 652. The molecule has 0 spiro atoms. The molecule has 0 aliphatic rings. The molecular weight excluding hydrogens is 316 g/mol. The fourth-order valence-corrected chi connectivity index (χ4v) is 7.41. The van der Waals surface area contributed by atoms with Gasteiger partial charge in [0.05, 0.1) is 8.07 Å². The largest absolute Gasteiger partial charge is 0.0929 e. The summed E-state index contributed by atoms with van der Waals surface area (Å²) in [5.74, 6) is 7.05. The van der Waals surface area contributed by atoms with Crippen molar-refractivity contribution in [2.75, 3.05) is 0 Å². The van der Waals surface area contributed by atoms with Gasteiger partial charge < -0.3 is 0 Å². The predicted octanol–water partition coefficient (Wildman–Crippen LogP) is 6.52. The molecule has 1 unspecified atom stereocenters. The number of hydrogen-bond acceptors (Lipinski definition) is 0. The van der Waals surface area contributed by atoms with Gasteiger partial charge in [-0.15, -0.1) is 0 Å². The van der Waals surface area contributed by atoms with Gasteiger partial charge in [0, 0.05) is 16.1 Å². The highest BCUT2D eigenvalue weighted by atomic mass is 35.5. The Morgan fingerprint density at radius 1 is 0.870 bits per heavy atom. The minimum Gasteiger partial charge on any atom is -0.0929 e. The van der Waals surface area contributed by atoms with Crippen LogP contribution in [0, 0.1) is 11.8 Å². The van der Waals surface area contributed by atoms with Crippen molar-refractivity contribution >= 4 is 19.7 Å². The second-order valence-electron chi connectivity index (χ2n) is 6.04. The number of hydrogen-bond donors (Lipinski definition) is 0. The highest BCUT2D eigenvalue weighted by molar-refractivity contribution is 6.81. The van der Waals surface area contributed by atoms with Crippen LogP contribution in [-0.2, 0) is 0 Å². The van der Waals surface area contributed by atoms with E-state index in [-0.39, 0.29) is 0 Å². The van der Waals surface area contributed by atoms with Crippen LogP contribution in [0.3, 0.4) is 0 Å². The van der Waals surface area contributed by atoms with E-state index < -0.39 is 8.07 Å². The molecule has 1 atom stereocenters. The molecule has 0 nitrogen and oxygen atoms in total. The second-order valence-corrected chi connectivity index (χ2v) is 11.9. The van der Waals surface area contributed by atoms with Crippen molar-refractivity contribution in [2.24, 2.45) is 0 Å². The van der Waals surface area contributed by atoms with Crippen molar-refractivity contribution in [2.45, 2.75) is 44.4 Å².